The third kappa shape index (κ3) is 6.70. The number of carbonyl (C=O) groups is 1. The van der Waals surface area contributed by atoms with Gasteiger partial charge in [-0.1, -0.05) is 6.07 Å². The number of ether oxygens (including phenoxy) is 4. The van der Waals surface area contributed by atoms with Crippen LogP contribution in [0.5, 0.6) is 11.6 Å². The molecule has 2 fully saturated rings. The SMILES string of the molecule is COCOc1cc(-c2cnnc(OC)c2)ccc1-c1ccc(N2CCC(N(C(=O)OC(C)(C)C)C3CC(F)C3)C2)nn1. The van der Waals surface area contributed by atoms with E-state index >= 15 is 0 Å². The van der Waals surface area contributed by atoms with Gasteiger partial charge in [-0.2, -0.15) is 5.10 Å². The number of hydrogen-bond donors (Lipinski definition) is 0. The van der Waals surface area contributed by atoms with Crippen LogP contribution >= 0.6 is 0 Å². The molecule has 0 N–H and O–H groups in total. The summed E-state index contributed by atoms with van der Waals surface area (Å²) in [6, 6.07) is 11.1. The number of methoxy groups -OCH3 is 2. The number of hydrogen-bond acceptors (Lipinski definition) is 10. The van der Waals surface area contributed by atoms with Crippen LogP contribution in [0.25, 0.3) is 22.4 Å². The molecule has 1 atom stereocenters. The summed E-state index contributed by atoms with van der Waals surface area (Å²) in [5, 5.41) is 17.0. The van der Waals surface area contributed by atoms with Crippen molar-refractivity contribution < 1.29 is 28.1 Å². The van der Waals surface area contributed by atoms with Gasteiger partial charge in [0.05, 0.1) is 25.0 Å². The van der Waals surface area contributed by atoms with E-state index in [9.17, 15) is 9.18 Å². The minimum atomic E-state index is -0.869. The molecule has 1 aliphatic heterocycles. The smallest absolute Gasteiger partial charge is 0.410 e. The lowest BCUT2D eigenvalue weighted by Crippen LogP contribution is -2.55. The van der Waals surface area contributed by atoms with Gasteiger partial charge in [0.25, 0.3) is 0 Å². The number of anilines is 1. The summed E-state index contributed by atoms with van der Waals surface area (Å²) in [7, 11) is 3.10. The maximum absolute atomic E-state index is 13.7. The van der Waals surface area contributed by atoms with E-state index in [1.807, 2.05) is 51.1 Å². The van der Waals surface area contributed by atoms with Crippen LogP contribution in [0, 0.1) is 0 Å². The first-order valence-corrected chi connectivity index (χ1v) is 14.0. The zero-order valence-electron chi connectivity index (χ0n) is 24.6. The van der Waals surface area contributed by atoms with E-state index in [2.05, 4.69) is 25.3 Å². The van der Waals surface area contributed by atoms with Gasteiger partial charge >= 0.3 is 6.09 Å². The van der Waals surface area contributed by atoms with Gasteiger partial charge in [0.15, 0.2) is 12.6 Å². The Morgan fingerprint density at radius 3 is 2.52 bits per heavy atom. The van der Waals surface area contributed by atoms with Crippen molar-refractivity contribution >= 4 is 11.9 Å². The molecular weight excluding hydrogens is 543 g/mol. The van der Waals surface area contributed by atoms with E-state index in [4.69, 9.17) is 18.9 Å². The summed E-state index contributed by atoms with van der Waals surface area (Å²) in [6.45, 7) is 6.85. The van der Waals surface area contributed by atoms with Crippen molar-refractivity contribution in [2.75, 3.05) is 39.0 Å². The van der Waals surface area contributed by atoms with E-state index in [0.717, 1.165) is 23.1 Å². The van der Waals surface area contributed by atoms with E-state index in [1.54, 1.807) is 31.4 Å². The number of alkyl halides is 1. The molecule has 11 nitrogen and oxygen atoms in total. The van der Waals surface area contributed by atoms with Gasteiger partial charge in [0, 0.05) is 43.4 Å². The standard InChI is InChI=1S/C30H37FN6O5/c1-30(2,3)42-29(38)37(23-14-21(31)15-23)22-10-11-36(17-22)27-9-8-25(33-34-27)24-7-6-19(12-26(24)41-18-39-4)20-13-28(40-5)35-32-16-20/h6-9,12-13,16,21-23H,10-11,14-15,17-18H2,1-5H3. The summed E-state index contributed by atoms with van der Waals surface area (Å²) in [4.78, 5) is 16.9. The Kier molecular flexibility index (Phi) is 8.72. The Morgan fingerprint density at radius 2 is 1.86 bits per heavy atom. The van der Waals surface area contributed by atoms with E-state index in [1.165, 1.54) is 0 Å². The van der Waals surface area contributed by atoms with Crippen molar-refractivity contribution in [3.63, 3.8) is 0 Å². The number of rotatable bonds is 9. The van der Waals surface area contributed by atoms with Crippen molar-refractivity contribution in [2.45, 2.75) is 63.9 Å². The quantitative estimate of drug-likeness (QED) is 0.324. The first-order chi connectivity index (χ1) is 20.1. The van der Waals surface area contributed by atoms with E-state index in [-0.39, 0.29) is 25.0 Å². The lowest BCUT2D eigenvalue weighted by atomic mass is 9.88. The fourth-order valence-corrected chi connectivity index (χ4v) is 5.23. The number of benzene rings is 1. The minimum Gasteiger partial charge on any atom is -0.480 e. The van der Waals surface area contributed by atoms with Gasteiger partial charge in [0.2, 0.25) is 5.88 Å². The molecule has 2 aliphatic rings. The molecule has 0 bridgehead atoms. The third-order valence-corrected chi connectivity index (χ3v) is 7.35. The Balaban J connectivity index is 1.33. The fourth-order valence-electron chi connectivity index (χ4n) is 5.23. The molecule has 5 rings (SSSR count). The molecule has 1 aliphatic carbocycles. The van der Waals surface area contributed by atoms with Crippen LogP contribution in [0.15, 0.2) is 42.6 Å². The van der Waals surface area contributed by atoms with Gasteiger partial charge in [-0.05, 0) is 69.9 Å². The zero-order valence-corrected chi connectivity index (χ0v) is 24.6. The highest BCUT2D eigenvalue weighted by molar-refractivity contribution is 5.75. The van der Waals surface area contributed by atoms with Crippen LogP contribution in [-0.4, -0.2) is 89.3 Å². The molecule has 3 heterocycles. The number of nitrogens with zero attached hydrogens (tertiary/aromatic N) is 6. The largest absolute Gasteiger partial charge is 0.480 e. The summed E-state index contributed by atoms with van der Waals surface area (Å²) < 4.78 is 35.7. The summed E-state index contributed by atoms with van der Waals surface area (Å²) >= 11 is 0. The molecular formula is C30H37FN6O5. The highest BCUT2D eigenvalue weighted by Gasteiger charge is 2.43. The monoisotopic (exact) mass is 580 g/mol. The number of carbonyl (C=O) groups excluding carboxylic acids is 1. The summed E-state index contributed by atoms with van der Waals surface area (Å²) in [5.41, 5.74) is 2.46. The number of amides is 1. The molecule has 2 aromatic heterocycles. The highest BCUT2D eigenvalue weighted by atomic mass is 19.1. The first-order valence-electron chi connectivity index (χ1n) is 14.0. The summed E-state index contributed by atoms with van der Waals surface area (Å²) in [5.74, 6) is 1.69. The molecule has 0 spiro atoms. The Bertz CT molecular complexity index is 1380. The molecule has 12 heteroatoms. The van der Waals surface area contributed by atoms with Gasteiger partial charge in [-0.15, -0.1) is 15.3 Å². The topological polar surface area (TPSA) is 112 Å². The van der Waals surface area contributed by atoms with E-state index < -0.39 is 11.8 Å². The molecule has 224 valence electrons. The first kappa shape index (κ1) is 29.4. The maximum atomic E-state index is 13.7. The fraction of sp³-hybridized carbons (Fsp3) is 0.500. The van der Waals surface area contributed by atoms with Crippen molar-refractivity contribution in [3.05, 3.63) is 42.6 Å². The van der Waals surface area contributed by atoms with Crippen molar-refractivity contribution in [3.8, 4) is 34.0 Å². The second-order valence-electron chi connectivity index (χ2n) is 11.5. The maximum Gasteiger partial charge on any atom is 0.410 e. The molecule has 1 saturated heterocycles. The third-order valence-electron chi connectivity index (χ3n) is 7.35. The van der Waals surface area contributed by atoms with Gasteiger partial charge in [-0.3, -0.25) is 0 Å². The van der Waals surface area contributed by atoms with Crippen LogP contribution in [0.1, 0.15) is 40.0 Å². The molecule has 0 radical (unpaired) electrons. The van der Waals surface area contributed by atoms with Crippen molar-refractivity contribution in [2.24, 2.45) is 0 Å². The van der Waals surface area contributed by atoms with Crippen LogP contribution in [0.4, 0.5) is 15.0 Å². The Morgan fingerprint density at radius 1 is 1.05 bits per heavy atom. The van der Waals surface area contributed by atoms with Crippen LogP contribution < -0.4 is 14.4 Å². The van der Waals surface area contributed by atoms with Crippen LogP contribution in [0.2, 0.25) is 0 Å². The highest BCUT2D eigenvalue weighted by Crippen LogP contribution is 2.36. The van der Waals surface area contributed by atoms with Crippen molar-refractivity contribution in [1.82, 2.24) is 25.3 Å². The van der Waals surface area contributed by atoms with Gasteiger partial charge in [-0.25, -0.2) is 9.18 Å². The minimum absolute atomic E-state index is 0.0628. The lowest BCUT2D eigenvalue weighted by Gasteiger charge is -2.43. The van der Waals surface area contributed by atoms with Gasteiger partial charge in [0.1, 0.15) is 17.5 Å². The zero-order chi connectivity index (χ0) is 29.9. The average molecular weight is 581 g/mol. The Labute approximate surface area is 244 Å². The molecule has 3 aromatic rings. The lowest BCUT2D eigenvalue weighted by molar-refractivity contribution is -0.0178. The Hall–Kier alpha value is -4.06. The second-order valence-corrected chi connectivity index (χ2v) is 11.5. The van der Waals surface area contributed by atoms with Gasteiger partial charge < -0.3 is 28.7 Å². The number of aromatic nitrogens is 4. The average Bonchev–Trinajstić information content (AvgIpc) is 3.44. The van der Waals surface area contributed by atoms with Crippen molar-refractivity contribution in [1.29, 1.82) is 0 Å². The predicted octanol–water partition coefficient (Wildman–Crippen LogP) is 4.91. The molecule has 1 unspecified atom stereocenters. The molecule has 1 amide bonds. The molecule has 1 aromatic carbocycles. The molecule has 42 heavy (non-hydrogen) atoms. The normalized spacial score (nSPS) is 20.1. The number of halogens is 1. The second kappa shape index (κ2) is 12.4. The predicted molar refractivity (Wildman–Crippen MR) is 154 cm³/mol. The summed E-state index contributed by atoms with van der Waals surface area (Å²) in [6.07, 6.45) is 1.83. The van der Waals surface area contributed by atoms with Crippen LogP contribution in [-0.2, 0) is 9.47 Å². The van der Waals surface area contributed by atoms with Crippen LogP contribution in [0.3, 0.4) is 0 Å². The molecule has 1 saturated carbocycles. The van der Waals surface area contributed by atoms with E-state index in [0.29, 0.717) is 49.1 Å².